The summed E-state index contributed by atoms with van der Waals surface area (Å²) in [5.74, 6) is -0.210. The maximum absolute atomic E-state index is 12.9. The van der Waals surface area contributed by atoms with Gasteiger partial charge in [-0.05, 0) is 31.0 Å². The lowest BCUT2D eigenvalue weighted by Gasteiger charge is -2.17. The molecule has 0 saturated heterocycles. The zero-order chi connectivity index (χ0) is 14.1. The Labute approximate surface area is 117 Å². The number of benzene rings is 1. The Morgan fingerprint density at radius 3 is 2.53 bits per heavy atom. The fraction of sp³-hybridized carbons (Fsp3) is 0.462. The number of rotatable bonds is 4. The number of hydrogen-bond acceptors (Lipinski definition) is 2. The van der Waals surface area contributed by atoms with E-state index in [4.69, 9.17) is 10.00 Å². The predicted octanol–water partition coefficient (Wildman–Crippen LogP) is 4.13. The Hall–Kier alpha value is -1.22. The second-order valence-electron chi connectivity index (χ2n) is 4.74. The topological polar surface area (TPSA) is 33.0 Å². The average molecular weight is 334 g/mol. The maximum atomic E-state index is 12.9. The van der Waals surface area contributed by atoms with Crippen molar-refractivity contribution in [1.29, 1.82) is 5.26 Å². The van der Waals surface area contributed by atoms with Gasteiger partial charge in [0.05, 0.1) is 23.8 Å². The number of halogens is 4. The van der Waals surface area contributed by atoms with Crippen LogP contribution in [0.25, 0.3) is 0 Å². The van der Waals surface area contributed by atoms with Gasteiger partial charge in [-0.25, -0.2) is 0 Å². The fourth-order valence-electron chi connectivity index (χ4n) is 1.67. The van der Waals surface area contributed by atoms with E-state index in [2.05, 4.69) is 15.9 Å². The molecule has 1 aliphatic carbocycles. The molecule has 0 spiro atoms. The van der Waals surface area contributed by atoms with Gasteiger partial charge in [-0.3, -0.25) is 0 Å². The van der Waals surface area contributed by atoms with E-state index in [1.165, 1.54) is 12.1 Å². The lowest BCUT2D eigenvalue weighted by molar-refractivity contribution is -0.139. The summed E-state index contributed by atoms with van der Waals surface area (Å²) in [6, 6.07) is 5.07. The fourth-order valence-corrected chi connectivity index (χ4v) is 2.39. The minimum Gasteiger partial charge on any atom is -0.492 e. The van der Waals surface area contributed by atoms with Crippen LogP contribution in [0.15, 0.2) is 18.2 Å². The summed E-state index contributed by atoms with van der Waals surface area (Å²) in [4.78, 5) is 0. The molecule has 1 aromatic rings. The van der Waals surface area contributed by atoms with Gasteiger partial charge in [-0.2, -0.15) is 18.4 Å². The molecule has 0 heterocycles. The first kappa shape index (κ1) is 14.2. The molecular weight excluding hydrogens is 323 g/mol. The molecule has 0 unspecified atom stereocenters. The van der Waals surface area contributed by atoms with Crippen LogP contribution in [0.2, 0.25) is 0 Å². The van der Waals surface area contributed by atoms with Crippen molar-refractivity contribution in [2.45, 2.75) is 19.0 Å². The van der Waals surface area contributed by atoms with Crippen molar-refractivity contribution in [3.63, 3.8) is 0 Å². The Balaban J connectivity index is 2.22. The van der Waals surface area contributed by atoms with Crippen molar-refractivity contribution in [2.75, 3.05) is 11.9 Å². The van der Waals surface area contributed by atoms with Crippen molar-refractivity contribution < 1.29 is 17.9 Å². The van der Waals surface area contributed by atoms with E-state index in [0.717, 1.165) is 24.2 Å². The van der Waals surface area contributed by atoms with Gasteiger partial charge in [-0.1, -0.05) is 15.9 Å². The van der Waals surface area contributed by atoms with Crippen LogP contribution < -0.4 is 4.74 Å². The monoisotopic (exact) mass is 333 g/mol. The molecule has 1 fully saturated rings. The van der Waals surface area contributed by atoms with E-state index >= 15 is 0 Å². The second kappa shape index (κ2) is 5.04. The van der Waals surface area contributed by atoms with E-state index in [1.54, 1.807) is 6.07 Å². The van der Waals surface area contributed by atoms with Gasteiger partial charge in [0.15, 0.2) is 0 Å². The van der Waals surface area contributed by atoms with Gasteiger partial charge in [0.2, 0.25) is 0 Å². The summed E-state index contributed by atoms with van der Waals surface area (Å²) < 4.78 is 44.0. The maximum Gasteiger partial charge on any atom is 0.420 e. The zero-order valence-corrected chi connectivity index (χ0v) is 11.5. The molecule has 6 heteroatoms. The highest BCUT2D eigenvalue weighted by Crippen LogP contribution is 2.48. The van der Waals surface area contributed by atoms with Crippen LogP contribution in [-0.4, -0.2) is 11.9 Å². The molecule has 2 nitrogen and oxygen atoms in total. The van der Waals surface area contributed by atoms with Crippen LogP contribution in [0.4, 0.5) is 13.2 Å². The van der Waals surface area contributed by atoms with E-state index in [9.17, 15) is 13.2 Å². The van der Waals surface area contributed by atoms with Gasteiger partial charge < -0.3 is 4.74 Å². The number of alkyl halides is 4. The molecule has 102 valence electrons. The Morgan fingerprint density at radius 2 is 2.05 bits per heavy atom. The molecule has 19 heavy (non-hydrogen) atoms. The normalized spacial score (nSPS) is 16.8. The van der Waals surface area contributed by atoms with Crippen molar-refractivity contribution in [2.24, 2.45) is 5.41 Å². The average Bonchev–Trinajstić information content (AvgIpc) is 3.16. The van der Waals surface area contributed by atoms with Crippen LogP contribution >= 0.6 is 15.9 Å². The molecule has 1 aromatic carbocycles. The van der Waals surface area contributed by atoms with Crippen LogP contribution in [0.1, 0.15) is 24.0 Å². The highest BCUT2D eigenvalue weighted by atomic mass is 79.9. The molecule has 0 radical (unpaired) electrons. The second-order valence-corrected chi connectivity index (χ2v) is 5.30. The highest BCUT2D eigenvalue weighted by molar-refractivity contribution is 9.09. The smallest absolute Gasteiger partial charge is 0.420 e. The number of nitrogens with zero attached hydrogens (tertiary/aromatic N) is 1. The van der Waals surface area contributed by atoms with Crippen molar-refractivity contribution in [1.82, 2.24) is 0 Å². The zero-order valence-electron chi connectivity index (χ0n) is 9.93. The largest absolute Gasteiger partial charge is 0.492 e. The van der Waals surface area contributed by atoms with E-state index in [1.807, 2.05) is 0 Å². The van der Waals surface area contributed by atoms with Gasteiger partial charge in [0.25, 0.3) is 0 Å². The van der Waals surface area contributed by atoms with E-state index in [-0.39, 0.29) is 23.3 Å². The molecule has 0 atom stereocenters. The first-order valence-corrected chi connectivity index (χ1v) is 6.82. The molecular formula is C13H11BrF3NO. The summed E-state index contributed by atoms with van der Waals surface area (Å²) in [7, 11) is 0. The summed E-state index contributed by atoms with van der Waals surface area (Å²) in [5.41, 5.74) is -0.949. The molecule has 0 aromatic heterocycles. The Kier molecular flexibility index (Phi) is 3.77. The Morgan fingerprint density at radius 1 is 1.37 bits per heavy atom. The first-order valence-electron chi connectivity index (χ1n) is 5.70. The third-order valence-electron chi connectivity index (χ3n) is 3.19. The van der Waals surface area contributed by atoms with Crippen LogP contribution in [-0.2, 0) is 6.18 Å². The van der Waals surface area contributed by atoms with E-state index < -0.39 is 11.7 Å². The van der Waals surface area contributed by atoms with Crippen molar-refractivity contribution in [3.8, 4) is 11.8 Å². The molecule has 0 amide bonds. The summed E-state index contributed by atoms with van der Waals surface area (Å²) in [5, 5.41) is 9.38. The third-order valence-corrected chi connectivity index (χ3v) is 4.38. The summed E-state index contributed by atoms with van der Waals surface area (Å²) in [6.07, 6.45) is -2.61. The Bertz CT molecular complexity index is 518. The predicted molar refractivity (Wildman–Crippen MR) is 67.1 cm³/mol. The van der Waals surface area contributed by atoms with Crippen molar-refractivity contribution >= 4 is 15.9 Å². The minimum absolute atomic E-state index is 0.0266. The van der Waals surface area contributed by atoms with Gasteiger partial charge in [0, 0.05) is 10.7 Å². The van der Waals surface area contributed by atoms with Gasteiger partial charge >= 0.3 is 6.18 Å². The van der Waals surface area contributed by atoms with Crippen LogP contribution in [0.5, 0.6) is 5.75 Å². The lowest BCUT2D eigenvalue weighted by atomic mass is 10.1. The first-order chi connectivity index (χ1) is 8.90. The highest BCUT2D eigenvalue weighted by Gasteiger charge is 2.43. The standard InChI is InChI=1S/C13H11BrF3NO/c14-7-12(3-4-12)8-19-11-2-1-9(6-18)5-10(11)13(15,16)17/h1-2,5H,3-4,7-8H2. The number of hydrogen-bond donors (Lipinski definition) is 0. The van der Waals surface area contributed by atoms with Crippen LogP contribution in [0, 0.1) is 16.7 Å². The third kappa shape index (κ3) is 3.21. The number of ether oxygens (including phenoxy) is 1. The molecule has 0 aliphatic heterocycles. The van der Waals surface area contributed by atoms with Gasteiger partial charge in [0.1, 0.15) is 5.75 Å². The minimum atomic E-state index is -4.52. The SMILES string of the molecule is N#Cc1ccc(OCC2(CBr)CC2)c(C(F)(F)F)c1. The molecule has 0 bridgehead atoms. The van der Waals surface area contributed by atoms with Gasteiger partial charge in [-0.15, -0.1) is 0 Å². The van der Waals surface area contributed by atoms with Crippen molar-refractivity contribution in [3.05, 3.63) is 29.3 Å². The molecule has 1 saturated carbocycles. The summed E-state index contributed by atoms with van der Waals surface area (Å²) in [6.45, 7) is 0.257. The molecule has 0 N–H and O–H groups in total. The lowest BCUT2D eigenvalue weighted by Crippen LogP contribution is -2.17. The molecule has 1 aliphatic rings. The van der Waals surface area contributed by atoms with E-state index in [0.29, 0.717) is 0 Å². The molecule has 2 rings (SSSR count). The summed E-state index contributed by atoms with van der Waals surface area (Å²) >= 11 is 3.34. The quantitative estimate of drug-likeness (QED) is 0.776. The number of nitriles is 1. The van der Waals surface area contributed by atoms with Crippen LogP contribution in [0.3, 0.4) is 0 Å².